The van der Waals surface area contributed by atoms with Crippen LogP contribution in [-0.2, 0) is 4.79 Å². The first-order valence-electron chi connectivity index (χ1n) is 5.46. The fourth-order valence-electron chi connectivity index (χ4n) is 2.02. The normalized spacial score (nSPS) is 19.2. The highest BCUT2D eigenvalue weighted by Crippen LogP contribution is 2.30. The van der Waals surface area contributed by atoms with E-state index in [1.807, 2.05) is 6.07 Å². The highest BCUT2D eigenvalue weighted by atomic mass is 16.2. The third-order valence-corrected chi connectivity index (χ3v) is 2.87. The molecule has 0 saturated carbocycles. The summed E-state index contributed by atoms with van der Waals surface area (Å²) in [6, 6.07) is 1.98. The average Bonchev–Trinajstić information content (AvgIpc) is 2.27. The number of hydrogen-bond donors (Lipinski definition) is 1. The average molecular weight is 220 g/mol. The van der Waals surface area contributed by atoms with Crippen LogP contribution in [-0.4, -0.2) is 28.7 Å². The molecule has 0 radical (unpaired) electrons. The van der Waals surface area contributed by atoms with E-state index in [1.165, 1.54) is 0 Å². The maximum Gasteiger partial charge on any atom is 0.225 e. The van der Waals surface area contributed by atoms with Crippen molar-refractivity contribution in [3.05, 3.63) is 12.3 Å². The Morgan fingerprint density at radius 3 is 3.00 bits per heavy atom. The van der Waals surface area contributed by atoms with Crippen LogP contribution in [0.2, 0.25) is 0 Å². The molecule has 0 unspecified atom stereocenters. The van der Waals surface area contributed by atoms with Gasteiger partial charge in [-0.25, -0.2) is 0 Å². The van der Waals surface area contributed by atoms with Gasteiger partial charge in [0.15, 0.2) is 5.82 Å². The highest BCUT2D eigenvalue weighted by molar-refractivity contribution is 5.95. The van der Waals surface area contributed by atoms with Crippen molar-refractivity contribution in [3.63, 3.8) is 0 Å². The SMILES string of the molecule is CC(=O)N1c2nnccc2NC[C@@H]1C(C)C. The van der Waals surface area contributed by atoms with Gasteiger partial charge in [0.25, 0.3) is 0 Å². The zero-order valence-corrected chi connectivity index (χ0v) is 9.77. The van der Waals surface area contributed by atoms with Crippen LogP contribution in [0.1, 0.15) is 20.8 Å². The molecule has 0 bridgehead atoms. The van der Waals surface area contributed by atoms with Gasteiger partial charge in [-0.1, -0.05) is 13.8 Å². The number of nitrogens with one attached hydrogen (secondary N) is 1. The summed E-state index contributed by atoms with van der Waals surface area (Å²) >= 11 is 0. The summed E-state index contributed by atoms with van der Waals surface area (Å²) in [5.74, 6) is 1.04. The van der Waals surface area contributed by atoms with E-state index in [9.17, 15) is 4.79 Å². The first-order chi connectivity index (χ1) is 7.61. The fourth-order valence-corrected chi connectivity index (χ4v) is 2.02. The van der Waals surface area contributed by atoms with E-state index in [1.54, 1.807) is 18.0 Å². The second kappa shape index (κ2) is 4.08. The van der Waals surface area contributed by atoms with Crippen molar-refractivity contribution in [1.29, 1.82) is 0 Å². The lowest BCUT2D eigenvalue weighted by molar-refractivity contribution is -0.117. The van der Waals surface area contributed by atoms with E-state index in [0.717, 1.165) is 12.2 Å². The summed E-state index contributed by atoms with van der Waals surface area (Å²) < 4.78 is 0. The van der Waals surface area contributed by atoms with Gasteiger partial charge in [-0.15, -0.1) is 5.10 Å². The van der Waals surface area contributed by atoms with Gasteiger partial charge in [-0.05, 0) is 12.0 Å². The second-order valence-corrected chi connectivity index (χ2v) is 4.35. The topological polar surface area (TPSA) is 58.1 Å². The minimum absolute atomic E-state index is 0.0157. The van der Waals surface area contributed by atoms with Crippen molar-refractivity contribution in [2.24, 2.45) is 5.92 Å². The predicted octanol–water partition coefficient (Wildman–Crippen LogP) is 1.28. The lowest BCUT2D eigenvalue weighted by Gasteiger charge is -2.37. The van der Waals surface area contributed by atoms with E-state index in [4.69, 9.17) is 0 Å². The predicted molar refractivity (Wildman–Crippen MR) is 62.3 cm³/mol. The van der Waals surface area contributed by atoms with Gasteiger partial charge in [-0.2, -0.15) is 5.10 Å². The van der Waals surface area contributed by atoms with Crippen LogP contribution < -0.4 is 10.2 Å². The first-order valence-corrected chi connectivity index (χ1v) is 5.46. The number of hydrogen-bond acceptors (Lipinski definition) is 4. The first kappa shape index (κ1) is 10.9. The van der Waals surface area contributed by atoms with E-state index in [0.29, 0.717) is 11.7 Å². The van der Waals surface area contributed by atoms with Crippen LogP contribution in [0.15, 0.2) is 12.3 Å². The van der Waals surface area contributed by atoms with Crippen molar-refractivity contribution in [1.82, 2.24) is 10.2 Å². The van der Waals surface area contributed by atoms with E-state index in [2.05, 4.69) is 29.4 Å². The number of carbonyl (C=O) groups excluding carboxylic acids is 1. The van der Waals surface area contributed by atoms with Crippen molar-refractivity contribution in [2.75, 3.05) is 16.8 Å². The number of aromatic nitrogens is 2. The summed E-state index contributed by atoms with van der Waals surface area (Å²) in [6.45, 7) is 6.53. The zero-order chi connectivity index (χ0) is 11.7. The Bertz CT molecular complexity index is 405. The molecule has 1 aliphatic heterocycles. The van der Waals surface area contributed by atoms with E-state index >= 15 is 0 Å². The van der Waals surface area contributed by atoms with E-state index < -0.39 is 0 Å². The number of amides is 1. The third kappa shape index (κ3) is 1.73. The lowest BCUT2D eigenvalue weighted by Crippen LogP contribution is -2.50. The lowest BCUT2D eigenvalue weighted by atomic mass is 10.00. The zero-order valence-electron chi connectivity index (χ0n) is 9.77. The number of nitrogens with zero attached hydrogens (tertiary/aromatic N) is 3. The number of rotatable bonds is 1. The Labute approximate surface area is 94.9 Å². The van der Waals surface area contributed by atoms with Crippen LogP contribution in [0, 0.1) is 5.92 Å². The van der Waals surface area contributed by atoms with Crippen molar-refractivity contribution < 1.29 is 4.79 Å². The minimum atomic E-state index is 0.0157. The van der Waals surface area contributed by atoms with Gasteiger partial charge in [0, 0.05) is 13.5 Å². The van der Waals surface area contributed by atoms with Crippen molar-refractivity contribution in [2.45, 2.75) is 26.8 Å². The van der Waals surface area contributed by atoms with Gasteiger partial charge in [0.05, 0.1) is 17.9 Å². The Balaban J connectivity index is 2.43. The quantitative estimate of drug-likeness (QED) is 0.774. The van der Waals surface area contributed by atoms with Gasteiger partial charge in [0.2, 0.25) is 5.91 Å². The molecular formula is C11H16N4O. The molecular weight excluding hydrogens is 204 g/mol. The maximum absolute atomic E-state index is 11.7. The molecule has 1 aliphatic rings. The van der Waals surface area contributed by atoms with Crippen LogP contribution in [0.4, 0.5) is 11.5 Å². The van der Waals surface area contributed by atoms with Crippen LogP contribution in [0.25, 0.3) is 0 Å². The van der Waals surface area contributed by atoms with Crippen LogP contribution >= 0.6 is 0 Å². The summed E-state index contributed by atoms with van der Waals surface area (Å²) in [5.41, 5.74) is 0.877. The molecule has 1 N–H and O–H groups in total. The Hall–Kier alpha value is -1.65. The Kier molecular flexibility index (Phi) is 2.77. The molecule has 0 aliphatic carbocycles. The molecule has 5 heteroatoms. The smallest absolute Gasteiger partial charge is 0.225 e. The molecule has 1 amide bonds. The molecule has 0 aromatic carbocycles. The molecule has 1 aromatic heterocycles. The Morgan fingerprint density at radius 2 is 2.38 bits per heavy atom. The van der Waals surface area contributed by atoms with Crippen molar-refractivity contribution >= 4 is 17.4 Å². The second-order valence-electron chi connectivity index (χ2n) is 4.35. The molecule has 5 nitrogen and oxygen atoms in total. The van der Waals surface area contributed by atoms with E-state index in [-0.39, 0.29) is 11.9 Å². The molecule has 2 rings (SSSR count). The molecule has 0 saturated heterocycles. The third-order valence-electron chi connectivity index (χ3n) is 2.87. The molecule has 16 heavy (non-hydrogen) atoms. The minimum Gasteiger partial charge on any atom is -0.380 e. The summed E-state index contributed by atoms with van der Waals surface area (Å²) in [4.78, 5) is 13.4. The molecule has 1 atom stereocenters. The van der Waals surface area contributed by atoms with Crippen LogP contribution in [0.3, 0.4) is 0 Å². The number of fused-ring (bicyclic) bond motifs is 1. The molecule has 1 aromatic rings. The van der Waals surface area contributed by atoms with Gasteiger partial charge in [-0.3, -0.25) is 9.69 Å². The number of carbonyl (C=O) groups is 1. The van der Waals surface area contributed by atoms with Gasteiger partial charge >= 0.3 is 0 Å². The summed E-state index contributed by atoms with van der Waals surface area (Å²) in [5, 5.41) is 11.2. The standard InChI is InChI=1S/C11H16N4O/c1-7(2)10-6-12-9-4-5-13-14-11(9)15(10)8(3)16/h4-5,7,10,12H,6H2,1-3H3/t10-/m1/s1. The number of anilines is 2. The van der Waals surface area contributed by atoms with Crippen molar-refractivity contribution in [3.8, 4) is 0 Å². The molecule has 2 heterocycles. The highest BCUT2D eigenvalue weighted by Gasteiger charge is 2.32. The van der Waals surface area contributed by atoms with Crippen LogP contribution in [0.5, 0.6) is 0 Å². The molecule has 86 valence electrons. The summed E-state index contributed by atoms with van der Waals surface area (Å²) in [6.07, 6.45) is 1.62. The van der Waals surface area contributed by atoms with Gasteiger partial charge in [0.1, 0.15) is 0 Å². The fraction of sp³-hybridized carbons (Fsp3) is 0.545. The monoisotopic (exact) mass is 220 g/mol. The van der Waals surface area contributed by atoms with Gasteiger partial charge < -0.3 is 5.32 Å². The largest absolute Gasteiger partial charge is 0.380 e. The summed E-state index contributed by atoms with van der Waals surface area (Å²) in [7, 11) is 0. The molecule has 0 fully saturated rings. The molecule has 0 spiro atoms. The Morgan fingerprint density at radius 1 is 1.62 bits per heavy atom. The maximum atomic E-state index is 11.7.